The van der Waals surface area contributed by atoms with Gasteiger partial charge in [-0.3, -0.25) is 4.79 Å². The van der Waals surface area contributed by atoms with E-state index in [1.165, 1.54) is 38.5 Å². The summed E-state index contributed by atoms with van der Waals surface area (Å²) in [4.78, 5) is 10.7. The van der Waals surface area contributed by atoms with Crippen molar-refractivity contribution < 1.29 is 9.90 Å². The van der Waals surface area contributed by atoms with Gasteiger partial charge in [0.25, 0.3) is 0 Å². The van der Waals surface area contributed by atoms with Gasteiger partial charge in [0.05, 0.1) is 17.8 Å². The molecule has 0 saturated heterocycles. The zero-order valence-electron chi connectivity index (χ0n) is 12.8. The molecule has 1 fully saturated rings. The predicted octanol–water partition coefficient (Wildman–Crippen LogP) is 4.36. The first kappa shape index (κ1) is 15.5. The number of aliphatic carboxylic acids is 1. The Bertz CT molecular complexity index is 504. The molecule has 120 valence electrons. The molecule has 0 spiro atoms. The Labute approximate surface area is 136 Å². The molecule has 3 N–H and O–H groups in total. The molecule has 0 unspecified atom stereocenters. The summed E-state index contributed by atoms with van der Waals surface area (Å²) < 4.78 is 0. The molecule has 4 nitrogen and oxygen atoms in total. The third-order valence-electron chi connectivity index (χ3n) is 4.60. The monoisotopic (exact) mass is 320 g/mol. The summed E-state index contributed by atoms with van der Waals surface area (Å²) in [7, 11) is 0. The van der Waals surface area contributed by atoms with Crippen molar-refractivity contribution in [3.05, 3.63) is 24.3 Å². The van der Waals surface area contributed by atoms with Crippen LogP contribution in [0.15, 0.2) is 24.3 Å². The highest BCUT2D eigenvalue weighted by atomic mass is 32.2. The fourth-order valence-corrected chi connectivity index (χ4v) is 4.86. The van der Waals surface area contributed by atoms with E-state index in [0.717, 1.165) is 23.0 Å². The number of benzene rings is 1. The van der Waals surface area contributed by atoms with Crippen LogP contribution < -0.4 is 10.6 Å². The lowest BCUT2D eigenvalue weighted by atomic mass is 9.88. The van der Waals surface area contributed by atoms with E-state index in [0.29, 0.717) is 0 Å². The lowest BCUT2D eigenvalue weighted by Gasteiger charge is -2.30. The molecule has 0 bridgehead atoms. The van der Waals surface area contributed by atoms with Crippen molar-refractivity contribution >= 4 is 29.1 Å². The third kappa shape index (κ3) is 3.69. The van der Waals surface area contributed by atoms with E-state index in [9.17, 15) is 9.90 Å². The first-order chi connectivity index (χ1) is 10.7. The number of nitrogens with one attached hydrogen (secondary N) is 2. The summed E-state index contributed by atoms with van der Waals surface area (Å²) in [6.45, 7) is 0. The van der Waals surface area contributed by atoms with Crippen molar-refractivity contribution in [2.45, 2.75) is 49.9 Å². The van der Waals surface area contributed by atoms with E-state index in [1.54, 1.807) is 11.8 Å². The van der Waals surface area contributed by atoms with Crippen LogP contribution in [0, 0.1) is 5.92 Å². The molecule has 1 aromatic carbocycles. The number of anilines is 2. The second kappa shape index (κ2) is 6.82. The maximum Gasteiger partial charge on any atom is 0.308 e. The Balaban J connectivity index is 1.60. The number of hydrogen-bond donors (Lipinski definition) is 3. The maximum atomic E-state index is 11.3. The molecule has 0 radical (unpaired) electrons. The normalized spacial score (nSPS) is 20.0. The molecule has 1 saturated carbocycles. The van der Waals surface area contributed by atoms with Crippen LogP contribution in [0.1, 0.15) is 44.9 Å². The average Bonchev–Trinajstić information content (AvgIpc) is 2.85. The van der Waals surface area contributed by atoms with Crippen molar-refractivity contribution in [1.29, 1.82) is 0 Å². The van der Waals surface area contributed by atoms with E-state index in [1.807, 2.05) is 24.3 Å². The quantitative estimate of drug-likeness (QED) is 0.727. The number of carboxylic acids is 1. The predicted molar refractivity (Wildman–Crippen MR) is 92.3 cm³/mol. The van der Waals surface area contributed by atoms with Crippen molar-refractivity contribution in [2.75, 3.05) is 16.4 Å². The minimum atomic E-state index is -0.780. The van der Waals surface area contributed by atoms with Crippen LogP contribution in [0.4, 0.5) is 11.4 Å². The summed E-state index contributed by atoms with van der Waals surface area (Å²) in [5, 5.41) is 16.0. The minimum Gasteiger partial charge on any atom is -0.481 e. The Morgan fingerprint density at radius 1 is 1.18 bits per heavy atom. The van der Waals surface area contributed by atoms with Crippen LogP contribution >= 0.6 is 11.8 Å². The number of carbonyl (C=O) groups is 1. The number of carboxylic acid groups (broad SMARTS) is 1. The summed E-state index contributed by atoms with van der Waals surface area (Å²) in [5.41, 5.74) is 1.99. The van der Waals surface area contributed by atoms with Gasteiger partial charge in [-0.15, -0.1) is 11.8 Å². The first-order valence-corrected chi connectivity index (χ1v) is 9.17. The summed E-state index contributed by atoms with van der Waals surface area (Å²) in [6, 6.07) is 7.93. The highest BCUT2D eigenvalue weighted by Gasteiger charge is 2.38. The fourth-order valence-electron chi connectivity index (χ4n) is 3.47. The van der Waals surface area contributed by atoms with Crippen LogP contribution in [0.25, 0.3) is 0 Å². The maximum absolute atomic E-state index is 11.3. The van der Waals surface area contributed by atoms with Crippen molar-refractivity contribution in [3.8, 4) is 0 Å². The molecular formula is C17H24N2O2S. The second-order valence-corrected chi connectivity index (χ2v) is 7.73. The largest absolute Gasteiger partial charge is 0.481 e. The molecule has 0 aromatic heterocycles. The van der Waals surface area contributed by atoms with E-state index in [-0.39, 0.29) is 6.42 Å². The van der Waals surface area contributed by atoms with Crippen molar-refractivity contribution in [2.24, 2.45) is 5.92 Å². The number of hydrogen-bond acceptors (Lipinski definition) is 4. The Morgan fingerprint density at radius 3 is 2.41 bits per heavy atom. The zero-order chi connectivity index (χ0) is 15.4. The third-order valence-corrected chi connectivity index (χ3v) is 5.88. The van der Waals surface area contributed by atoms with Crippen molar-refractivity contribution in [3.63, 3.8) is 0 Å². The molecule has 2 aliphatic rings. The van der Waals surface area contributed by atoms with E-state index in [2.05, 4.69) is 10.6 Å². The fraction of sp³-hybridized carbons (Fsp3) is 0.588. The number of thioether (sulfide) groups is 1. The highest BCUT2D eigenvalue weighted by Crippen LogP contribution is 2.42. The van der Waals surface area contributed by atoms with E-state index < -0.39 is 11.0 Å². The first-order valence-electron chi connectivity index (χ1n) is 8.18. The van der Waals surface area contributed by atoms with Crippen LogP contribution in [0.2, 0.25) is 0 Å². The van der Waals surface area contributed by atoms with Crippen LogP contribution in [0.3, 0.4) is 0 Å². The molecule has 3 rings (SSSR count). The van der Waals surface area contributed by atoms with Gasteiger partial charge in [0.15, 0.2) is 4.99 Å². The second-order valence-electron chi connectivity index (χ2n) is 6.33. The zero-order valence-corrected chi connectivity index (χ0v) is 13.6. The van der Waals surface area contributed by atoms with Gasteiger partial charge < -0.3 is 15.7 Å². The number of fused-ring (bicyclic) bond motifs is 1. The van der Waals surface area contributed by atoms with Gasteiger partial charge in [-0.1, -0.05) is 44.2 Å². The standard InChI is InChI=1S/C17H24N2O2S/c20-16(21)12-17(18-14-8-4-5-9-15(14)19-17)22-11-10-13-6-2-1-3-7-13/h4-5,8-9,13,18-19H,1-3,6-7,10-12H2,(H,20,21). The lowest BCUT2D eigenvalue weighted by Crippen LogP contribution is -2.41. The molecule has 1 aromatic rings. The minimum absolute atomic E-state index is 0.0665. The van der Waals surface area contributed by atoms with E-state index >= 15 is 0 Å². The SMILES string of the molecule is O=C(O)CC1(SCCC2CCCCC2)Nc2ccccc2N1. The van der Waals surface area contributed by atoms with Crippen LogP contribution in [-0.2, 0) is 4.79 Å². The summed E-state index contributed by atoms with van der Waals surface area (Å²) in [6.07, 6.45) is 8.03. The molecule has 1 aliphatic carbocycles. The van der Waals surface area contributed by atoms with Gasteiger partial charge in [0, 0.05) is 0 Å². The molecular weight excluding hydrogens is 296 g/mol. The van der Waals surface area contributed by atoms with E-state index in [4.69, 9.17) is 0 Å². The Hall–Kier alpha value is -1.36. The number of rotatable bonds is 6. The highest BCUT2D eigenvalue weighted by molar-refractivity contribution is 8.00. The topological polar surface area (TPSA) is 61.4 Å². The van der Waals surface area contributed by atoms with Gasteiger partial charge in [-0.05, 0) is 30.2 Å². The summed E-state index contributed by atoms with van der Waals surface area (Å²) >= 11 is 1.71. The summed E-state index contributed by atoms with van der Waals surface area (Å²) in [5.74, 6) is 1.04. The van der Waals surface area contributed by atoms with Gasteiger partial charge in [-0.25, -0.2) is 0 Å². The smallest absolute Gasteiger partial charge is 0.308 e. The molecule has 0 atom stereocenters. The lowest BCUT2D eigenvalue weighted by molar-refractivity contribution is -0.137. The van der Waals surface area contributed by atoms with Gasteiger partial charge in [0.1, 0.15) is 0 Å². The van der Waals surface area contributed by atoms with Crippen molar-refractivity contribution in [1.82, 2.24) is 0 Å². The average molecular weight is 320 g/mol. The van der Waals surface area contributed by atoms with Gasteiger partial charge in [-0.2, -0.15) is 0 Å². The molecule has 1 aliphatic heterocycles. The number of para-hydroxylation sites is 2. The molecule has 0 amide bonds. The van der Waals surface area contributed by atoms with Crippen LogP contribution in [0.5, 0.6) is 0 Å². The molecule has 5 heteroatoms. The Kier molecular flexibility index (Phi) is 4.81. The van der Waals surface area contributed by atoms with Crippen LogP contribution in [-0.4, -0.2) is 21.8 Å². The molecule has 1 heterocycles. The van der Waals surface area contributed by atoms with Gasteiger partial charge >= 0.3 is 5.97 Å². The Morgan fingerprint density at radius 2 is 1.82 bits per heavy atom. The van der Waals surface area contributed by atoms with Gasteiger partial charge in [0.2, 0.25) is 0 Å². The molecule has 22 heavy (non-hydrogen) atoms.